The fourth-order valence-electron chi connectivity index (χ4n) is 4.16. The number of allylic oxidation sites excluding steroid dienone is 2. The van der Waals surface area contributed by atoms with Crippen LogP contribution in [-0.2, 0) is 14.3 Å². The smallest absolute Gasteiger partial charge is 0.223 e. The highest BCUT2D eigenvalue weighted by Gasteiger charge is 2.45. The van der Waals surface area contributed by atoms with Crippen LogP contribution >= 0.6 is 0 Å². The minimum absolute atomic E-state index is 0.103. The summed E-state index contributed by atoms with van der Waals surface area (Å²) in [4.78, 5) is 14.9. The quantitative estimate of drug-likeness (QED) is 0.733. The fraction of sp³-hybridized carbons (Fsp3) is 0.833. The SMILES string of the molecule is O=C(C[C@H]1C=CCC1)N1CCO[C@H]2CC[C@H]1[C@@H]2OCC1CC1. The first-order valence-electron chi connectivity index (χ1n) is 9.00. The van der Waals surface area contributed by atoms with Gasteiger partial charge < -0.3 is 14.4 Å². The minimum Gasteiger partial charge on any atom is -0.374 e. The molecule has 2 bridgehead atoms. The summed E-state index contributed by atoms with van der Waals surface area (Å²) in [5.41, 5.74) is 0. The first kappa shape index (κ1) is 14.7. The molecule has 4 nitrogen and oxygen atoms in total. The monoisotopic (exact) mass is 305 g/mol. The van der Waals surface area contributed by atoms with E-state index < -0.39 is 0 Å². The summed E-state index contributed by atoms with van der Waals surface area (Å²) in [5, 5.41) is 0. The average Bonchev–Trinajstić information content (AvgIpc) is 3.08. The van der Waals surface area contributed by atoms with Crippen molar-refractivity contribution in [2.24, 2.45) is 11.8 Å². The Morgan fingerprint density at radius 3 is 2.91 bits per heavy atom. The molecule has 0 unspecified atom stereocenters. The molecule has 0 radical (unpaired) electrons. The zero-order valence-corrected chi connectivity index (χ0v) is 13.3. The number of rotatable bonds is 5. The molecule has 1 amide bonds. The lowest BCUT2D eigenvalue weighted by Gasteiger charge is -2.32. The Morgan fingerprint density at radius 2 is 2.14 bits per heavy atom. The van der Waals surface area contributed by atoms with E-state index in [2.05, 4.69) is 17.1 Å². The van der Waals surface area contributed by atoms with Crippen LogP contribution in [0.25, 0.3) is 0 Å². The van der Waals surface area contributed by atoms with Gasteiger partial charge in [0, 0.05) is 19.6 Å². The van der Waals surface area contributed by atoms with E-state index in [1.165, 1.54) is 12.8 Å². The first-order chi connectivity index (χ1) is 10.8. The lowest BCUT2D eigenvalue weighted by molar-refractivity contribution is -0.136. The Bertz CT molecular complexity index is 446. The highest BCUT2D eigenvalue weighted by Crippen LogP contribution is 2.36. The van der Waals surface area contributed by atoms with Gasteiger partial charge in [0.2, 0.25) is 5.91 Å². The van der Waals surface area contributed by atoms with E-state index in [1.807, 2.05) is 0 Å². The largest absolute Gasteiger partial charge is 0.374 e. The van der Waals surface area contributed by atoms with E-state index in [4.69, 9.17) is 9.47 Å². The molecule has 0 aromatic heterocycles. The molecule has 0 spiro atoms. The Balaban J connectivity index is 1.41. The maximum absolute atomic E-state index is 12.8. The van der Waals surface area contributed by atoms with Gasteiger partial charge in [-0.1, -0.05) is 12.2 Å². The predicted molar refractivity (Wildman–Crippen MR) is 83.4 cm³/mol. The van der Waals surface area contributed by atoms with Crippen molar-refractivity contribution in [3.63, 3.8) is 0 Å². The van der Waals surface area contributed by atoms with Crippen molar-refractivity contribution in [3.05, 3.63) is 12.2 Å². The fourth-order valence-corrected chi connectivity index (χ4v) is 4.16. The highest BCUT2D eigenvalue weighted by atomic mass is 16.5. The molecule has 1 saturated heterocycles. The number of nitrogens with zero attached hydrogens (tertiary/aromatic N) is 1. The Kier molecular flexibility index (Phi) is 4.23. The Hall–Kier alpha value is -0.870. The van der Waals surface area contributed by atoms with E-state index in [0.29, 0.717) is 24.9 Å². The maximum Gasteiger partial charge on any atom is 0.223 e. The van der Waals surface area contributed by atoms with Crippen LogP contribution in [0.1, 0.15) is 44.9 Å². The summed E-state index contributed by atoms with van der Waals surface area (Å²) in [5.74, 6) is 1.50. The number of hydrogen-bond donors (Lipinski definition) is 0. The molecule has 122 valence electrons. The van der Waals surface area contributed by atoms with Crippen LogP contribution in [0.5, 0.6) is 0 Å². The van der Waals surface area contributed by atoms with Crippen molar-refractivity contribution >= 4 is 5.91 Å². The van der Waals surface area contributed by atoms with E-state index in [9.17, 15) is 4.79 Å². The van der Waals surface area contributed by atoms with Gasteiger partial charge >= 0.3 is 0 Å². The summed E-state index contributed by atoms with van der Waals surface area (Å²) < 4.78 is 12.2. The van der Waals surface area contributed by atoms with Gasteiger partial charge in [0.15, 0.2) is 0 Å². The van der Waals surface area contributed by atoms with Crippen molar-refractivity contribution in [1.29, 1.82) is 0 Å². The van der Waals surface area contributed by atoms with E-state index in [-0.39, 0.29) is 18.2 Å². The van der Waals surface area contributed by atoms with Crippen molar-refractivity contribution in [3.8, 4) is 0 Å². The van der Waals surface area contributed by atoms with Gasteiger partial charge in [-0.15, -0.1) is 0 Å². The lowest BCUT2D eigenvalue weighted by Crippen LogP contribution is -2.47. The molecule has 4 aliphatic rings. The molecule has 2 saturated carbocycles. The molecule has 3 fully saturated rings. The minimum atomic E-state index is 0.103. The zero-order chi connectivity index (χ0) is 14.9. The van der Waals surface area contributed by atoms with Crippen LogP contribution < -0.4 is 0 Å². The maximum atomic E-state index is 12.8. The second-order valence-corrected chi connectivity index (χ2v) is 7.35. The van der Waals surface area contributed by atoms with Crippen LogP contribution in [0.2, 0.25) is 0 Å². The van der Waals surface area contributed by atoms with Crippen LogP contribution in [-0.4, -0.2) is 48.8 Å². The first-order valence-corrected chi connectivity index (χ1v) is 9.00. The highest BCUT2D eigenvalue weighted by molar-refractivity contribution is 5.77. The molecule has 4 rings (SSSR count). The van der Waals surface area contributed by atoms with E-state index >= 15 is 0 Å². The van der Waals surface area contributed by atoms with Crippen LogP contribution in [0.15, 0.2) is 12.2 Å². The normalized spacial score (nSPS) is 37.5. The predicted octanol–water partition coefficient (Wildman–Crippen LogP) is 2.53. The molecule has 3 aliphatic carbocycles. The molecule has 4 atom stereocenters. The van der Waals surface area contributed by atoms with Gasteiger partial charge in [-0.05, 0) is 50.4 Å². The van der Waals surface area contributed by atoms with Crippen molar-refractivity contribution in [2.45, 2.75) is 63.2 Å². The average molecular weight is 305 g/mol. The van der Waals surface area contributed by atoms with Gasteiger partial charge in [0.05, 0.1) is 18.8 Å². The molecule has 0 aromatic rings. The van der Waals surface area contributed by atoms with Crippen molar-refractivity contribution < 1.29 is 14.3 Å². The molecule has 0 N–H and O–H groups in total. The van der Waals surface area contributed by atoms with E-state index in [1.54, 1.807) is 0 Å². The Morgan fingerprint density at radius 1 is 1.23 bits per heavy atom. The van der Waals surface area contributed by atoms with Crippen LogP contribution in [0, 0.1) is 11.8 Å². The van der Waals surface area contributed by atoms with Gasteiger partial charge in [-0.3, -0.25) is 4.79 Å². The number of carbonyl (C=O) groups excluding carboxylic acids is 1. The zero-order valence-electron chi connectivity index (χ0n) is 13.3. The van der Waals surface area contributed by atoms with E-state index in [0.717, 1.165) is 44.8 Å². The van der Waals surface area contributed by atoms with Gasteiger partial charge in [0.25, 0.3) is 0 Å². The van der Waals surface area contributed by atoms with Gasteiger partial charge in [-0.2, -0.15) is 0 Å². The summed E-state index contributed by atoms with van der Waals surface area (Å²) in [6.07, 6.45) is 12.3. The number of ether oxygens (including phenoxy) is 2. The molecule has 0 aromatic carbocycles. The molecule has 1 aliphatic heterocycles. The molecular formula is C18H27NO3. The third kappa shape index (κ3) is 3.09. The third-order valence-electron chi connectivity index (χ3n) is 5.65. The molecular weight excluding hydrogens is 278 g/mol. The van der Waals surface area contributed by atoms with Crippen LogP contribution in [0.4, 0.5) is 0 Å². The standard InChI is InChI=1S/C18H27NO3/c20-17(11-13-3-1-2-4-13)19-9-10-21-16-8-7-15(19)18(16)22-12-14-5-6-14/h1,3,13-16,18H,2,4-12H2/t13-,15-,16-,18-/m0/s1. The molecule has 1 heterocycles. The lowest BCUT2D eigenvalue weighted by atomic mass is 10.0. The second kappa shape index (κ2) is 6.32. The summed E-state index contributed by atoms with van der Waals surface area (Å²) in [7, 11) is 0. The second-order valence-electron chi connectivity index (χ2n) is 7.35. The Labute approximate surface area is 132 Å². The topological polar surface area (TPSA) is 38.8 Å². The number of hydrogen-bond acceptors (Lipinski definition) is 3. The van der Waals surface area contributed by atoms with Crippen molar-refractivity contribution in [2.75, 3.05) is 19.8 Å². The summed E-state index contributed by atoms with van der Waals surface area (Å²) in [6.45, 7) is 2.25. The number of fused-ring (bicyclic) bond motifs is 2. The summed E-state index contributed by atoms with van der Waals surface area (Å²) in [6, 6.07) is 0.240. The molecule has 22 heavy (non-hydrogen) atoms. The van der Waals surface area contributed by atoms with Crippen LogP contribution in [0.3, 0.4) is 0 Å². The molecule has 4 heteroatoms. The van der Waals surface area contributed by atoms with Gasteiger partial charge in [0.1, 0.15) is 6.10 Å². The third-order valence-corrected chi connectivity index (χ3v) is 5.65. The number of carbonyl (C=O) groups is 1. The van der Waals surface area contributed by atoms with Gasteiger partial charge in [-0.25, -0.2) is 0 Å². The summed E-state index contributed by atoms with van der Waals surface area (Å²) >= 11 is 0. The van der Waals surface area contributed by atoms with Crippen molar-refractivity contribution in [1.82, 2.24) is 4.90 Å². The number of amides is 1.